The van der Waals surface area contributed by atoms with Crippen molar-refractivity contribution in [2.24, 2.45) is 0 Å². The Balaban J connectivity index is 1.52. The van der Waals surface area contributed by atoms with Crippen LogP contribution in [0.2, 0.25) is 0 Å². The van der Waals surface area contributed by atoms with Gasteiger partial charge in [-0.1, -0.05) is 18.2 Å². The van der Waals surface area contributed by atoms with Crippen LogP contribution in [0.3, 0.4) is 0 Å². The quantitative estimate of drug-likeness (QED) is 0.501. The van der Waals surface area contributed by atoms with Gasteiger partial charge in [0, 0.05) is 23.5 Å². The van der Waals surface area contributed by atoms with Crippen LogP contribution in [0, 0.1) is 0 Å². The smallest absolute Gasteiger partial charge is 0.416 e. The topological polar surface area (TPSA) is 88.6 Å². The molecule has 10 heteroatoms. The maximum absolute atomic E-state index is 12.8. The summed E-state index contributed by atoms with van der Waals surface area (Å²) in [5.74, 6) is 1.56. The molecule has 0 radical (unpaired) electrons. The molecule has 2 aromatic carbocycles. The number of aromatic nitrogens is 5. The van der Waals surface area contributed by atoms with Crippen LogP contribution >= 0.6 is 0 Å². The molecular weight excluding hydrogens is 385 g/mol. The number of rotatable bonds is 5. The van der Waals surface area contributed by atoms with Crippen LogP contribution in [0.15, 0.2) is 67.1 Å². The molecule has 7 nitrogen and oxygen atoms in total. The average molecular weight is 398 g/mol. The summed E-state index contributed by atoms with van der Waals surface area (Å²) in [5.41, 5.74) is 0.168. The number of hydrogen-bond acceptors (Lipinski definition) is 6. The Morgan fingerprint density at radius 2 is 1.83 bits per heavy atom. The largest absolute Gasteiger partial charge is 0.439 e. The number of hydrogen-bond donors (Lipinski definition) is 2. The lowest BCUT2D eigenvalue weighted by Crippen LogP contribution is -2.05. The monoisotopic (exact) mass is 398 g/mol. The zero-order chi connectivity index (χ0) is 20.3. The summed E-state index contributed by atoms with van der Waals surface area (Å²) in [6.07, 6.45) is -1.48. The number of alkyl halides is 3. The number of ether oxygens (including phenoxy) is 1. The van der Waals surface area contributed by atoms with E-state index in [9.17, 15) is 13.2 Å². The van der Waals surface area contributed by atoms with Crippen molar-refractivity contribution in [2.75, 3.05) is 5.32 Å². The van der Waals surface area contributed by atoms with Crippen LogP contribution in [0.25, 0.3) is 11.4 Å². The number of nitrogens with zero attached hydrogens (tertiary/aromatic N) is 4. The summed E-state index contributed by atoms with van der Waals surface area (Å²) in [5, 5.41) is 10.7. The van der Waals surface area contributed by atoms with E-state index in [0.717, 1.165) is 12.1 Å². The van der Waals surface area contributed by atoms with Gasteiger partial charge in [-0.05, 0) is 30.3 Å². The number of anilines is 2. The zero-order valence-electron chi connectivity index (χ0n) is 14.7. The van der Waals surface area contributed by atoms with Crippen LogP contribution in [0.4, 0.5) is 24.8 Å². The van der Waals surface area contributed by atoms with Gasteiger partial charge in [0.15, 0.2) is 5.82 Å². The van der Waals surface area contributed by atoms with E-state index in [1.165, 1.54) is 18.5 Å². The Hall–Kier alpha value is -3.95. The SMILES string of the molecule is FC(F)(F)c1cccc(Nc2nnc(-c3cccc(Oc4ccncn4)c3)[nH]2)c1. The highest BCUT2D eigenvalue weighted by Crippen LogP contribution is 2.31. The van der Waals surface area contributed by atoms with E-state index in [2.05, 4.69) is 30.5 Å². The van der Waals surface area contributed by atoms with E-state index in [1.807, 2.05) is 0 Å². The van der Waals surface area contributed by atoms with Gasteiger partial charge >= 0.3 is 6.18 Å². The van der Waals surface area contributed by atoms with Crippen molar-refractivity contribution < 1.29 is 17.9 Å². The summed E-state index contributed by atoms with van der Waals surface area (Å²) in [6.45, 7) is 0. The van der Waals surface area contributed by atoms with Gasteiger partial charge in [0.2, 0.25) is 11.8 Å². The fourth-order valence-electron chi connectivity index (χ4n) is 2.52. The first-order valence-corrected chi connectivity index (χ1v) is 8.39. The molecule has 0 fully saturated rings. The predicted octanol–water partition coefficient (Wildman–Crippen LogP) is 4.82. The Bertz CT molecular complexity index is 1110. The second-order valence-corrected chi connectivity index (χ2v) is 5.90. The second kappa shape index (κ2) is 7.58. The van der Waals surface area contributed by atoms with E-state index < -0.39 is 11.7 Å². The van der Waals surface area contributed by atoms with Crippen molar-refractivity contribution in [1.82, 2.24) is 25.1 Å². The Morgan fingerprint density at radius 1 is 0.966 bits per heavy atom. The molecule has 4 rings (SSSR count). The molecule has 4 aromatic rings. The van der Waals surface area contributed by atoms with Crippen molar-refractivity contribution in [1.29, 1.82) is 0 Å². The van der Waals surface area contributed by atoms with Gasteiger partial charge in [-0.2, -0.15) is 13.2 Å². The number of H-pyrrole nitrogens is 1. The first-order valence-electron chi connectivity index (χ1n) is 8.39. The molecule has 0 saturated carbocycles. The zero-order valence-corrected chi connectivity index (χ0v) is 14.7. The molecule has 0 spiro atoms. The molecule has 0 amide bonds. The Kier molecular flexibility index (Phi) is 4.82. The lowest BCUT2D eigenvalue weighted by Gasteiger charge is -2.08. The normalized spacial score (nSPS) is 11.3. The Labute approximate surface area is 162 Å². The highest BCUT2D eigenvalue weighted by molar-refractivity contribution is 5.61. The maximum Gasteiger partial charge on any atom is 0.416 e. The molecule has 0 saturated heterocycles. The minimum Gasteiger partial charge on any atom is -0.439 e. The lowest BCUT2D eigenvalue weighted by atomic mass is 10.2. The van der Waals surface area contributed by atoms with E-state index in [0.29, 0.717) is 23.0 Å². The number of nitrogens with one attached hydrogen (secondary N) is 2. The number of aromatic amines is 1. The van der Waals surface area contributed by atoms with Gasteiger partial charge in [0.05, 0.1) is 5.56 Å². The molecule has 0 unspecified atom stereocenters. The van der Waals surface area contributed by atoms with Gasteiger partial charge < -0.3 is 15.0 Å². The van der Waals surface area contributed by atoms with Gasteiger partial charge in [0.25, 0.3) is 0 Å². The highest BCUT2D eigenvalue weighted by atomic mass is 19.4. The van der Waals surface area contributed by atoms with E-state index in [-0.39, 0.29) is 11.6 Å². The van der Waals surface area contributed by atoms with Crippen LogP contribution in [0.5, 0.6) is 11.6 Å². The highest BCUT2D eigenvalue weighted by Gasteiger charge is 2.30. The summed E-state index contributed by atoms with van der Waals surface area (Å²) in [7, 11) is 0. The third-order valence-corrected chi connectivity index (χ3v) is 3.82. The van der Waals surface area contributed by atoms with E-state index in [1.54, 1.807) is 36.5 Å². The number of benzene rings is 2. The first kappa shape index (κ1) is 18.4. The number of halogens is 3. The van der Waals surface area contributed by atoms with Crippen molar-refractivity contribution in [3.05, 3.63) is 72.7 Å². The molecular formula is C19H13F3N6O. The van der Waals surface area contributed by atoms with Gasteiger partial charge in [-0.3, -0.25) is 0 Å². The van der Waals surface area contributed by atoms with Gasteiger partial charge in [0.1, 0.15) is 12.1 Å². The van der Waals surface area contributed by atoms with E-state index >= 15 is 0 Å². The van der Waals surface area contributed by atoms with Crippen molar-refractivity contribution in [2.45, 2.75) is 6.18 Å². The van der Waals surface area contributed by atoms with Crippen molar-refractivity contribution >= 4 is 11.6 Å². The van der Waals surface area contributed by atoms with Crippen molar-refractivity contribution in [3.8, 4) is 23.0 Å². The molecule has 146 valence electrons. The minimum absolute atomic E-state index is 0.210. The summed E-state index contributed by atoms with van der Waals surface area (Å²) in [4.78, 5) is 10.7. The standard InChI is InChI=1S/C19H13F3N6O/c20-19(21,22)13-4-2-5-14(10-13)25-18-26-17(27-28-18)12-3-1-6-15(9-12)29-16-7-8-23-11-24-16/h1-11H,(H2,25,26,27,28). The van der Waals surface area contributed by atoms with Crippen LogP contribution in [0.1, 0.15) is 5.56 Å². The fourth-order valence-corrected chi connectivity index (χ4v) is 2.52. The molecule has 2 N–H and O–H groups in total. The maximum atomic E-state index is 12.8. The molecule has 0 aliphatic heterocycles. The lowest BCUT2D eigenvalue weighted by molar-refractivity contribution is -0.137. The minimum atomic E-state index is -4.42. The third kappa shape index (κ3) is 4.49. The van der Waals surface area contributed by atoms with E-state index in [4.69, 9.17) is 4.74 Å². The average Bonchev–Trinajstić information content (AvgIpc) is 3.17. The third-order valence-electron chi connectivity index (χ3n) is 3.82. The van der Waals surface area contributed by atoms with Crippen LogP contribution in [-0.2, 0) is 6.18 Å². The van der Waals surface area contributed by atoms with Crippen LogP contribution in [-0.4, -0.2) is 25.1 Å². The Morgan fingerprint density at radius 3 is 2.62 bits per heavy atom. The molecule has 2 aromatic heterocycles. The van der Waals surface area contributed by atoms with Crippen LogP contribution < -0.4 is 10.1 Å². The summed E-state index contributed by atoms with van der Waals surface area (Å²) in [6, 6.07) is 13.5. The molecule has 0 atom stereocenters. The van der Waals surface area contributed by atoms with Gasteiger partial charge in [-0.25, -0.2) is 9.97 Å². The molecule has 2 heterocycles. The summed E-state index contributed by atoms with van der Waals surface area (Å²) >= 11 is 0. The van der Waals surface area contributed by atoms with Crippen molar-refractivity contribution in [3.63, 3.8) is 0 Å². The first-order chi connectivity index (χ1) is 14.0. The molecule has 0 aliphatic carbocycles. The molecule has 0 bridgehead atoms. The fraction of sp³-hybridized carbons (Fsp3) is 0.0526. The molecule has 0 aliphatic rings. The second-order valence-electron chi connectivity index (χ2n) is 5.90. The molecule has 29 heavy (non-hydrogen) atoms. The summed E-state index contributed by atoms with van der Waals surface area (Å²) < 4.78 is 44.2. The van der Waals surface area contributed by atoms with Gasteiger partial charge in [-0.15, -0.1) is 10.2 Å². The predicted molar refractivity (Wildman–Crippen MR) is 98.7 cm³/mol.